The zero-order valence-corrected chi connectivity index (χ0v) is 20.0. The van der Waals surface area contributed by atoms with Gasteiger partial charge in [-0.1, -0.05) is 23.8 Å². The summed E-state index contributed by atoms with van der Waals surface area (Å²) in [5.74, 6) is 2.89. The molecule has 0 radical (unpaired) electrons. The summed E-state index contributed by atoms with van der Waals surface area (Å²) in [4.78, 5) is 8.82. The molecule has 164 valence electrons. The van der Waals surface area contributed by atoms with E-state index in [1.807, 2.05) is 42.5 Å². The van der Waals surface area contributed by atoms with Gasteiger partial charge in [-0.3, -0.25) is 4.99 Å². The molecule has 0 spiro atoms. The molecule has 0 saturated carbocycles. The highest BCUT2D eigenvalue weighted by molar-refractivity contribution is 14.0. The van der Waals surface area contributed by atoms with Crippen molar-refractivity contribution >= 4 is 29.9 Å². The highest BCUT2D eigenvalue weighted by Crippen LogP contribution is 2.30. The molecule has 0 saturated heterocycles. The third kappa shape index (κ3) is 6.13. The maximum Gasteiger partial charge on any atom is 0.226 e. The third-order valence-corrected chi connectivity index (χ3v) is 4.78. The number of benzene rings is 2. The van der Waals surface area contributed by atoms with Gasteiger partial charge in [-0.05, 0) is 36.8 Å². The second kappa shape index (κ2) is 11.0. The molecule has 0 amide bonds. The third-order valence-electron chi connectivity index (χ3n) is 4.78. The molecule has 0 atom stereocenters. The summed E-state index contributed by atoms with van der Waals surface area (Å²) < 4.78 is 17.0. The number of oxazole rings is 1. The molecule has 3 aromatic rings. The predicted molar refractivity (Wildman–Crippen MR) is 131 cm³/mol. The predicted octanol–water partition coefficient (Wildman–Crippen LogP) is 4.29. The number of nitrogens with one attached hydrogen (secondary N) is 2. The molecule has 4 rings (SSSR count). The number of ether oxygens (including phenoxy) is 2. The number of aromatic nitrogens is 1. The Hall–Kier alpha value is -2.75. The molecule has 0 bridgehead atoms. The molecule has 0 aliphatic carbocycles. The van der Waals surface area contributed by atoms with Crippen LogP contribution in [0.1, 0.15) is 23.2 Å². The number of hydrogen-bond donors (Lipinski definition) is 2. The van der Waals surface area contributed by atoms with Crippen molar-refractivity contribution in [2.75, 3.05) is 20.3 Å². The number of hydrogen-bond acceptors (Lipinski definition) is 5. The fourth-order valence-corrected chi connectivity index (χ4v) is 3.12. The van der Waals surface area contributed by atoms with Gasteiger partial charge in [-0.15, -0.1) is 24.0 Å². The summed E-state index contributed by atoms with van der Waals surface area (Å²) in [6.45, 7) is 4.55. The van der Waals surface area contributed by atoms with Crippen LogP contribution in [0.3, 0.4) is 0 Å². The van der Waals surface area contributed by atoms with Crippen LogP contribution in [0.5, 0.6) is 11.5 Å². The molecule has 7 nitrogen and oxygen atoms in total. The molecule has 1 aliphatic rings. The number of aliphatic imine (C=N–C) groups is 1. The molecule has 31 heavy (non-hydrogen) atoms. The summed E-state index contributed by atoms with van der Waals surface area (Å²) in [5, 5.41) is 6.57. The lowest BCUT2D eigenvalue weighted by molar-refractivity contribution is 0.297. The standard InChI is InChI=1S/C23H26N4O3.HI/c1-16-4-7-18(8-5-16)22-27-19(15-30-22)14-26-23(24-2)25-13-17-6-9-20-21(12-17)29-11-3-10-28-20;/h4-9,12,15H,3,10-11,13-14H2,1-2H3,(H2,24,25,26);1H. The lowest BCUT2D eigenvalue weighted by Gasteiger charge is -2.13. The van der Waals surface area contributed by atoms with Crippen LogP contribution in [-0.2, 0) is 13.1 Å². The molecule has 0 unspecified atom stereocenters. The Labute approximate surface area is 199 Å². The van der Waals surface area contributed by atoms with E-state index in [1.165, 1.54) is 5.56 Å². The maximum absolute atomic E-state index is 5.76. The zero-order valence-electron chi connectivity index (χ0n) is 17.7. The number of rotatable bonds is 5. The van der Waals surface area contributed by atoms with Gasteiger partial charge in [0.1, 0.15) is 6.26 Å². The average Bonchev–Trinajstić information content (AvgIpc) is 3.11. The number of aryl methyl sites for hydroxylation is 1. The lowest BCUT2D eigenvalue weighted by atomic mass is 10.1. The summed E-state index contributed by atoms with van der Waals surface area (Å²) in [5.41, 5.74) is 4.06. The SMILES string of the molecule is CN=C(NCc1ccc2c(c1)OCCCO2)NCc1coc(-c2ccc(C)cc2)n1.I. The van der Waals surface area contributed by atoms with Gasteiger partial charge < -0.3 is 24.5 Å². The van der Waals surface area contributed by atoms with Gasteiger partial charge in [-0.25, -0.2) is 4.98 Å². The number of halogens is 1. The Bertz CT molecular complexity index is 1020. The van der Waals surface area contributed by atoms with Gasteiger partial charge in [0, 0.05) is 25.6 Å². The van der Waals surface area contributed by atoms with Gasteiger partial charge in [-0.2, -0.15) is 0 Å². The highest BCUT2D eigenvalue weighted by atomic mass is 127. The fourth-order valence-electron chi connectivity index (χ4n) is 3.12. The van der Waals surface area contributed by atoms with E-state index >= 15 is 0 Å². The largest absolute Gasteiger partial charge is 0.490 e. The van der Waals surface area contributed by atoms with Crippen molar-refractivity contribution < 1.29 is 13.9 Å². The second-order valence-electron chi connectivity index (χ2n) is 7.12. The second-order valence-corrected chi connectivity index (χ2v) is 7.12. The number of nitrogens with zero attached hydrogens (tertiary/aromatic N) is 2. The van der Waals surface area contributed by atoms with E-state index in [-0.39, 0.29) is 24.0 Å². The van der Waals surface area contributed by atoms with Crippen molar-refractivity contribution in [2.24, 2.45) is 4.99 Å². The van der Waals surface area contributed by atoms with E-state index in [1.54, 1.807) is 13.3 Å². The van der Waals surface area contributed by atoms with E-state index in [0.717, 1.165) is 34.7 Å². The van der Waals surface area contributed by atoms with Crippen molar-refractivity contribution in [3.05, 3.63) is 65.5 Å². The normalized spacial score (nSPS) is 13.2. The Balaban J connectivity index is 0.00000272. The number of fused-ring (bicyclic) bond motifs is 1. The topological polar surface area (TPSA) is 80.9 Å². The molecular formula is C23H27IN4O3. The maximum atomic E-state index is 5.76. The van der Waals surface area contributed by atoms with E-state index in [9.17, 15) is 0 Å². The Morgan fingerprint density at radius 1 is 1.00 bits per heavy atom. The fraction of sp³-hybridized carbons (Fsp3) is 0.304. The van der Waals surface area contributed by atoms with Crippen LogP contribution >= 0.6 is 24.0 Å². The summed E-state index contributed by atoms with van der Waals surface area (Å²) in [7, 11) is 1.74. The van der Waals surface area contributed by atoms with E-state index < -0.39 is 0 Å². The molecule has 1 aromatic heterocycles. The van der Waals surface area contributed by atoms with E-state index in [0.29, 0.717) is 38.2 Å². The molecule has 0 fully saturated rings. The molecule has 2 N–H and O–H groups in total. The Kier molecular flexibility index (Phi) is 8.16. The monoisotopic (exact) mass is 534 g/mol. The summed E-state index contributed by atoms with van der Waals surface area (Å²) in [6.07, 6.45) is 2.56. The quantitative estimate of drug-likeness (QED) is 0.289. The van der Waals surface area contributed by atoms with Crippen molar-refractivity contribution in [1.82, 2.24) is 15.6 Å². The van der Waals surface area contributed by atoms with E-state index in [4.69, 9.17) is 13.9 Å². The number of guanidine groups is 1. The average molecular weight is 534 g/mol. The molecule has 2 aromatic carbocycles. The highest BCUT2D eigenvalue weighted by Gasteiger charge is 2.11. The van der Waals surface area contributed by atoms with Crippen LogP contribution in [0, 0.1) is 6.92 Å². The van der Waals surface area contributed by atoms with Gasteiger partial charge in [0.05, 0.1) is 25.5 Å². The lowest BCUT2D eigenvalue weighted by Crippen LogP contribution is -2.36. The van der Waals surface area contributed by atoms with Crippen molar-refractivity contribution in [1.29, 1.82) is 0 Å². The minimum Gasteiger partial charge on any atom is -0.490 e. The minimum absolute atomic E-state index is 0. The molecule has 1 aliphatic heterocycles. The molecular weight excluding hydrogens is 507 g/mol. The van der Waals surface area contributed by atoms with Crippen molar-refractivity contribution in [3.8, 4) is 23.0 Å². The van der Waals surface area contributed by atoms with Crippen molar-refractivity contribution in [3.63, 3.8) is 0 Å². The first-order valence-corrected chi connectivity index (χ1v) is 10.1. The first kappa shape index (κ1) is 22.9. The van der Waals surface area contributed by atoms with Gasteiger partial charge in [0.15, 0.2) is 17.5 Å². The minimum atomic E-state index is 0. The van der Waals surface area contributed by atoms with Gasteiger partial charge in [0.25, 0.3) is 0 Å². The summed E-state index contributed by atoms with van der Waals surface area (Å²) >= 11 is 0. The first-order chi connectivity index (χ1) is 14.7. The van der Waals surface area contributed by atoms with Crippen LogP contribution in [0.15, 0.2) is 58.1 Å². The van der Waals surface area contributed by atoms with Gasteiger partial charge >= 0.3 is 0 Å². The van der Waals surface area contributed by atoms with Crippen molar-refractivity contribution in [2.45, 2.75) is 26.4 Å². The van der Waals surface area contributed by atoms with Crippen LogP contribution in [0.4, 0.5) is 0 Å². The van der Waals surface area contributed by atoms with Crippen LogP contribution in [0.2, 0.25) is 0 Å². The van der Waals surface area contributed by atoms with Crippen LogP contribution in [-0.4, -0.2) is 31.2 Å². The Morgan fingerprint density at radius 3 is 2.52 bits per heavy atom. The molecule has 2 heterocycles. The zero-order chi connectivity index (χ0) is 20.8. The summed E-state index contributed by atoms with van der Waals surface area (Å²) in [6, 6.07) is 14.1. The van der Waals surface area contributed by atoms with Crippen LogP contribution in [0.25, 0.3) is 11.5 Å². The smallest absolute Gasteiger partial charge is 0.226 e. The first-order valence-electron chi connectivity index (χ1n) is 10.1. The Morgan fingerprint density at radius 2 is 1.74 bits per heavy atom. The van der Waals surface area contributed by atoms with E-state index in [2.05, 4.69) is 27.5 Å². The van der Waals surface area contributed by atoms with Crippen LogP contribution < -0.4 is 20.1 Å². The van der Waals surface area contributed by atoms with Gasteiger partial charge in [0.2, 0.25) is 5.89 Å². The molecule has 8 heteroatoms.